The van der Waals surface area contributed by atoms with Gasteiger partial charge in [-0.2, -0.15) is 13.2 Å². The van der Waals surface area contributed by atoms with E-state index >= 15 is 0 Å². The fourth-order valence-corrected chi connectivity index (χ4v) is 2.61. The molecule has 0 radical (unpaired) electrons. The van der Waals surface area contributed by atoms with Gasteiger partial charge in [0.25, 0.3) is 0 Å². The first-order valence-corrected chi connectivity index (χ1v) is 7.08. The second kappa shape index (κ2) is 5.95. The van der Waals surface area contributed by atoms with Crippen molar-refractivity contribution in [2.24, 2.45) is 0 Å². The van der Waals surface area contributed by atoms with Crippen molar-refractivity contribution in [3.8, 4) is 5.75 Å². The largest absolute Gasteiger partial charge is 0.484 e. The molecule has 0 saturated heterocycles. The number of carbonyl (C=O) groups is 1. The number of fused-ring (bicyclic) bond motifs is 1. The molecule has 1 heterocycles. The minimum absolute atomic E-state index is 0.194. The first-order valence-electron chi connectivity index (χ1n) is 7.08. The second-order valence-electron chi connectivity index (χ2n) is 5.37. The Labute approximate surface area is 131 Å². The van der Waals surface area contributed by atoms with Crippen LogP contribution in [0.3, 0.4) is 0 Å². The van der Waals surface area contributed by atoms with Crippen molar-refractivity contribution in [2.45, 2.75) is 18.8 Å². The highest BCUT2D eigenvalue weighted by atomic mass is 19.4. The van der Waals surface area contributed by atoms with Crippen molar-refractivity contribution in [2.75, 3.05) is 6.54 Å². The number of rotatable bonds is 2. The minimum atomic E-state index is -4.41. The summed E-state index contributed by atoms with van der Waals surface area (Å²) in [6, 6.07) is 12.2. The van der Waals surface area contributed by atoms with Crippen LogP contribution < -0.4 is 4.74 Å². The van der Waals surface area contributed by atoms with E-state index in [-0.39, 0.29) is 6.54 Å². The highest BCUT2D eigenvalue weighted by molar-refractivity contribution is 5.49. The van der Waals surface area contributed by atoms with E-state index in [4.69, 9.17) is 4.74 Å². The predicted molar refractivity (Wildman–Crippen MR) is 77.7 cm³/mol. The van der Waals surface area contributed by atoms with Gasteiger partial charge >= 0.3 is 6.18 Å². The average molecular weight is 321 g/mol. The lowest BCUT2D eigenvalue weighted by molar-refractivity contribution is -0.137. The molecule has 0 saturated carbocycles. The monoisotopic (exact) mass is 321 g/mol. The average Bonchev–Trinajstić information content (AvgIpc) is 2.73. The topological polar surface area (TPSA) is 29.5 Å². The van der Waals surface area contributed by atoms with Gasteiger partial charge in [-0.05, 0) is 23.8 Å². The van der Waals surface area contributed by atoms with Gasteiger partial charge in [-0.15, -0.1) is 0 Å². The third-order valence-corrected chi connectivity index (χ3v) is 3.75. The molecule has 1 amide bonds. The van der Waals surface area contributed by atoms with Gasteiger partial charge in [0.2, 0.25) is 6.41 Å². The first kappa shape index (κ1) is 15.4. The molecule has 0 bridgehead atoms. The summed E-state index contributed by atoms with van der Waals surface area (Å²) >= 11 is 0. The van der Waals surface area contributed by atoms with Crippen molar-refractivity contribution in [1.82, 2.24) is 4.90 Å². The molecule has 2 aromatic carbocycles. The standard InChI is InChI=1S/C17H14F3NO2/c18-17(19,20)14-6-3-5-12(8-14)16-10-21(11-22)9-13-4-1-2-7-15(13)23-16/h1-8,11,16H,9-10H2. The molecular weight excluding hydrogens is 307 g/mol. The van der Waals surface area contributed by atoms with E-state index < -0.39 is 17.8 Å². The van der Waals surface area contributed by atoms with Crippen LogP contribution in [0.25, 0.3) is 0 Å². The van der Waals surface area contributed by atoms with Gasteiger partial charge in [-0.1, -0.05) is 30.3 Å². The van der Waals surface area contributed by atoms with Gasteiger partial charge in [-0.25, -0.2) is 0 Å². The lowest BCUT2D eigenvalue weighted by Crippen LogP contribution is -2.27. The van der Waals surface area contributed by atoms with E-state index in [1.807, 2.05) is 12.1 Å². The molecule has 1 unspecified atom stereocenters. The zero-order valence-corrected chi connectivity index (χ0v) is 12.1. The van der Waals surface area contributed by atoms with Crippen molar-refractivity contribution in [3.63, 3.8) is 0 Å². The number of amides is 1. The smallest absolute Gasteiger partial charge is 0.416 e. The first-order chi connectivity index (χ1) is 11.0. The number of benzene rings is 2. The summed E-state index contributed by atoms with van der Waals surface area (Å²) in [5, 5.41) is 0. The number of hydrogen-bond donors (Lipinski definition) is 0. The molecular formula is C17H14F3NO2. The third kappa shape index (κ3) is 3.31. The lowest BCUT2D eigenvalue weighted by atomic mass is 10.1. The maximum atomic E-state index is 12.9. The molecule has 120 valence electrons. The van der Waals surface area contributed by atoms with Gasteiger partial charge in [0.1, 0.15) is 11.9 Å². The quantitative estimate of drug-likeness (QED) is 0.788. The van der Waals surface area contributed by atoms with Gasteiger partial charge in [0.05, 0.1) is 12.1 Å². The Morgan fingerprint density at radius 1 is 1.13 bits per heavy atom. The van der Waals surface area contributed by atoms with Gasteiger partial charge in [-0.3, -0.25) is 4.79 Å². The Balaban J connectivity index is 1.97. The molecule has 1 aliphatic rings. The molecule has 0 aliphatic carbocycles. The Morgan fingerprint density at radius 2 is 1.91 bits per heavy atom. The second-order valence-corrected chi connectivity index (χ2v) is 5.37. The van der Waals surface area contributed by atoms with Crippen molar-refractivity contribution < 1.29 is 22.7 Å². The zero-order valence-electron chi connectivity index (χ0n) is 12.1. The molecule has 6 heteroatoms. The predicted octanol–water partition coefficient (Wildman–Crippen LogP) is 3.80. The molecule has 3 rings (SSSR count). The van der Waals surface area contributed by atoms with E-state index in [9.17, 15) is 18.0 Å². The Hall–Kier alpha value is -2.50. The van der Waals surface area contributed by atoms with Crippen molar-refractivity contribution in [1.29, 1.82) is 0 Å². The molecule has 2 aromatic rings. The van der Waals surface area contributed by atoms with Gasteiger partial charge in [0.15, 0.2) is 0 Å². The van der Waals surface area contributed by atoms with Crippen molar-refractivity contribution >= 4 is 6.41 Å². The van der Waals surface area contributed by atoms with Crippen LogP contribution in [-0.4, -0.2) is 17.9 Å². The molecule has 1 atom stereocenters. The molecule has 0 aromatic heterocycles. The Bertz CT molecular complexity index is 715. The van der Waals surface area contributed by atoms with Crippen LogP contribution in [0.2, 0.25) is 0 Å². The number of carbonyl (C=O) groups excluding carboxylic acids is 1. The highest BCUT2D eigenvalue weighted by Crippen LogP contribution is 2.34. The maximum Gasteiger partial charge on any atom is 0.416 e. The van der Waals surface area contributed by atoms with Crippen LogP contribution in [0.4, 0.5) is 13.2 Å². The molecule has 0 fully saturated rings. The summed E-state index contributed by atoms with van der Waals surface area (Å²) in [6.07, 6.45) is -4.37. The summed E-state index contributed by atoms with van der Waals surface area (Å²) in [5.41, 5.74) is 0.492. The molecule has 0 N–H and O–H groups in total. The van der Waals surface area contributed by atoms with Crippen LogP contribution in [0, 0.1) is 0 Å². The van der Waals surface area contributed by atoms with Crippen LogP contribution >= 0.6 is 0 Å². The molecule has 0 spiro atoms. The summed E-state index contributed by atoms with van der Waals surface area (Å²) in [4.78, 5) is 12.7. The van der Waals surface area contributed by atoms with Gasteiger partial charge in [0, 0.05) is 12.1 Å². The number of hydrogen-bond acceptors (Lipinski definition) is 2. The third-order valence-electron chi connectivity index (χ3n) is 3.75. The molecule has 23 heavy (non-hydrogen) atoms. The van der Waals surface area contributed by atoms with E-state index in [1.54, 1.807) is 18.2 Å². The fraction of sp³-hybridized carbons (Fsp3) is 0.235. The van der Waals surface area contributed by atoms with Crippen LogP contribution in [-0.2, 0) is 17.5 Å². The maximum absolute atomic E-state index is 12.9. The van der Waals surface area contributed by atoms with Gasteiger partial charge < -0.3 is 9.64 Å². The van der Waals surface area contributed by atoms with Crippen molar-refractivity contribution in [3.05, 3.63) is 65.2 Å². The SMILES string of the molecule is O=CN1Cc2ccccc2OC(c2cccc(C(F)(F)F)c2)C1. The number of nitrogens with zero attached hydrogens (tertiary/aromatic N) is 1. The Morgan fingerprint density at radius 3 is 2.65 bits per heavy atom. The number of ether oxygens (including phenoxy) is 1. The fourth-order valence-electron chi connectivity index (χ4n) is 2.61. The van der Waals surface area contributed by atoms with Crippen LogP contribution in [0.1, 0.15) is 22.8 Å². The summed E-state index contributed by atoms with van der Waals surface area (Å²) in [7, 11) is 0. The number of halogens is 3. The lowest BCUT2D eigenvalue weighted by Gasteiger charge is -2.21. The van der Waals surface area contributed by atoms with Crippen LogP contribution in [0.5, 0.6) is 5.75 Å². The molecule has 3 nitrogen and oxygen atoms in total. The number of para-hydroxylation sites is 1. The van der Waals surface area contributed by atoms with E-state index in [0.717, 1.165) is 17.7 Å². The summed E-state index contributed by atoms with van der Waals surface area (Å²) < 4.78 is 44.5. The van der Waals surface area contributed by atoms with E-state index in [2.05, 4.69) is 0 Å². The van der Waals surface area contributed by atoms with Crippen LogP contribution in [0.15, 0.2) is 48.5 Å². The minimum Gasteiger partial charge on any atom is -0.484 e. The van der Waals surface area contributed by atoms with E-state index in [1.165, 1.54) is 11.0 Å². The summed E-state index contributed by atoms with van der Waals surface area (Å²) in [6.45, 7) is 0.564. The Kier molecular flexibility index (Phi) is 3.98. The number of alkyl halides is 3. The molecule has 1 aliphatic heterocycles. The zero-order chi connectivity index (χ0) is 16.4. The highest BCUT2D eigenvalue weighted by Gasteiger charge is 2.32. The normalized spacial score (nSPS) is 17.9. The summed E-state index contributed by atoms with van der Waals surface area (Å²) in [5.74, 6) is 0.583. The van der Waals surface area contributed by atoms with E-state index in [0.29, 0.717) is 24.3 Å².